The van der Waals surface area contributed by atoms with Crippen LogP contribution in [0.15, 0.2) is 0 Å². The van der Waals surface area contributed by atoms with Crippen LogP contribution < -0.4 is 0 Å². The minimum atomic E-state index is -0.894. The number of Topliss-reactive ketones (excluding diaryl/α,β-unsaturated/α-hetero) is 1. The molecule has 0 aromatic rings. The number of hydrogen-bond acceptors (Lipinski definition) is 2. The number of ketones is 1. The van der Waals surface area contributed by atoms with E-state index in [1.54, 1.807) is 6.92 Å². The Kier molecular flexibility index (Phi) is 4.50. The third-order valence-electron chi connectivity index (χ3n) is 1.48. The summed E-state index contributed by atoms with van der Waals surface area (Å²) in [4.78, 5) is 21.2. The average Bonchev–Trinajstić information content (AvgIpc) is 1.87. The first-order valence-electron chi connectivity index (χ1n) is 3.82. The van der Waals surface area contributed by atoms with Gasteiger partial charge in [0, 0.05) is 12.8 Å². The summed E-state index contributed by atoms with van der Waals surface area (Å²) in [7, 11) is 0. The smallest absolute Gasteiger partial charge is 0.306 e. The Balaban J connectivity index is 3.66. The molecule has 3 heteroatoms. The van der Waals surface area contributed by atoms with Gasteiger partial charge in [0.25, 0.3) is 0 Å². The van der Waals surface area contributed by atoms with E-state index >= 15 is 0 Å². The van der Waals surface area contributed by atoms with Gasteiger partial charge in [0.15, 0.2) is 0 Å². The van der Waals surface area contributed by atoms with E-state index in [-0.39, 0.29) is 12.2 Å². The summed E-state index contributed by atoms with van der Waals surface area (Å²) in [6.45, 7) is 3.46. The summed E-state index contributed by atoms with van der Waals surface area (Å²) < 4.78 is 0. The number of carbonyl (C=O) groups excluding carboxylic acids is 1. The van der Waals surface area contributed by atoms with Gasteiger partial charge in [0.2, 0.25) is 0 Å². The van der Waals surface area contributed by atoms with Gasteiger partial charge in [0.1, 0.15) is 5.78 Å². The van der Waals surface area contributed by atoms with Crippen molar-refractivity contribution in [1.29, 1.82) is 0 Å². The minimum absolute atomic E-state index is 0.0439. The van der Waals surface area contributed by atoms with Crippen molar-refractivity contribution in [3.63, 3.8) is 0 Å². The Morgan fingerprint density at radius 3 is 2.36 bits per heavy atom. The van der Waals surface area contributed by atoms with Gasteiger partial charge in [0.05, 0.1) is 5.92 Å². The number of carboxylic acids is 1. The predicted molar refractivity (Wildman–Crippen MR) is 41.3 cm³/mol. The molecule has 64 valence electrons. The van der Waals surface area contributed by atoms with E-state index in [4.69, 9.17) is 5.11 Å². The lowest BCUT2D eigenvalue weighted by molar-refractivity contribution is -0.143. The number of aliphatic carboxylic acids is 1. The molecule has 0 saturated heterocycles. The van der Waals surface area contributed by atoms with Crippen molar-refractivity contribution < 1.29 is 14.7 Å². The van der Waals surface area contributed by atoms with Crippen molar-refractivity contribution in [3.8, 4) is 0 Å². The lowest BCUT2D eigenvalue weighted by atomic mass is 10.0. The van der Waals surface area contributed by atoms with Crippen LogP contribution in [0.1, 0.15) is 33.1 Å². The Morgan fingerprint density at radius 2 is 2.00 bits per heavy atom. The molecule has 3 nitrogen and oxygen atoms in total. The fourth-order valence-corrected chi connectivity index (χ4v) is 0.810. The third kappa shape index (κ3) is 4.53. The summed E-state index contributed by atoms with van der Waals surface area (Å²) in [5.41, 5.74) is 0. The van der Waals surface area contributed by atoms with Gasteiger partial charge in [-0.15, -0.1) is 0 Å². The van der Waals surface area contributed by atoms with Crippen LogP contribution in [-0.4, -0.2) is 16.9 Å². The molecular formula is C8H14O3. The van der Waals surface area contributed by atoms with E-state index in [2.05, 4.69) is 0 Å². The van der Waals surface area contributed by atoms with Crippen LogP contribution in [0.25, 0.3) is 0 Å². The second-order valence-electron chi connectivity index (χ2n) is 2.73. The largest absolute Gasteiger partial charge is 0.481 e. The van der Waals surface area contributed by atoms with Crippen LogP contribution >= 0.6 is 0 Å². The summed E-state index contributed by atoms with van der Waals surface area (Å²) in [6.07, 6.45) is 1.46. The van der Waals surface area contributed by atoms with Crippen molar-refractivity contribution in [2.75, 3.05) is 0 Å². The third-order valence-corrected chi connectivity index (χ3v) is 1.48. The van der Waals surface area contributed by atoms with Gasteiger partial charge in [-0.3, -0.25) is 9.59 Å². The maximum absolute atomic E-state index is 10.9. The van der Waals surface area contributed by atoms with Gasteiger partial charge in [-0.1, -0.05) is 13.8 Å². The number of hydrogen-bond donors (Lipinski definition) is 1. The lowest BCUT2D eigenvalue weighted by Gasteiger charge is -2.02. The molecule has 0 aliphatic heterocycles. The van der Waals surface area contributed by atoms with Crippen molar-refractivity contribution >= 4 is 11.8 Å². The maximum Gasteiger partial charge on any atom is 0.306 e. The first-order valence-corrected chi connectivity index (χ1v) is 3.82. The normalized spacial score (nSPS) is 12.5. The minimum Gasteiger partial charge on any atom is -0.481 e. The number of carboxylic acid groups (broad SMARTS) is 1. The number of carbonyl (C=O) groups is 2. The molecule has 0 aromatic heterocycles. The van der Waals surface area contributed by atoms with E-state index in [1.165, 1.54) is 0 Å². The summed E-state index contributed by atoms with van der Waals surface area (Å²) in [5, 5.41) is 8.45. The molecule has 0 heterocycles. The van der Waals surface area contributed by atoms with Crippen LogP contribution in [0, 0.1) is 5.92 Å². The monoisotopic (exact) mass is 158 g/mol. The highest BCUT2D eigenvalue weighted by Gasteiger charge is 2.14. The SMILES string of the molecule is CCCC(=O)C[C@H](C)C(=O)O. The topological polar surface area (TPSA) is 54.4 Å². The highest BCUT2D eigenvalue weighted by atomic mass is 16.4. The standard InChI is InChI=1S/C8H14O3/c1-3-4-7(9)5-6(2)8(10)11/h6H,3-5H2,1-2H3,(H,10,11)/t6-/m0/s1. The van der Waals surface area contributed by atoms with E-state index in [0.29, 0.717) is 6.42 Å². The Hall–Kier alpha value is -0.860. The first kappa shape index (κ1) is 10.1. The maximum atomic E-state index is 10.9. The van der Waals surface area contributed by atoms with Crippen LogP contribution in [-0.2, 0) is 9.59 Å². The zero-order valence-electron chi connectivity index (χ0n) is 6.96. The molecule has 0 bridgehead atoms. The molecule has 0 aliphatic rings. The second kappa shape index (κ2) is 4.88. The molecule has 1 N–H and O–H groups in total. The van der Waals surface area contributed by atoms with Crippen molar-refractivity contribution in [2.45, 2.75) is 33.1 Å². The van der Waals surface area contributed by atoms with Crippen LogP contribution in [0.5, 0.6) is 0 Å². The van der Waals surface area contributed by atoms with Gasteiger partial charge >= 0.3 is 5.97 Å². The highest BCUT2D eigenvalue weighted by Crippen LogP contribution is 2.05. The van der Waals surface area contributed by atoms with Crippen molar-refractivity contribution in [1.82, 2.24) is 0 Å². The molecule has 0 unspecified atom stereocenters. The number of rotatable bonds is 5. The molecule has 0 radical (unpaired) electrons. The first-order chi connectivity index (χ1) is 5.07. The molecule has 0 aliphatic carbocycles. The van der Waals surface area contributed by atoms with Gasteiger partial charge in [-0.25, -0.2) is 0 Å². The Bertz CT molecular complexity index is 151. The van der Waals surface area contributed by atoms with Crippen molar-refractivity contribution in [2.24, 2.45) is 5.92 Å². The molecule has 0 saturated carbocycles. The zero-order valence-corrected chi connectivity index (χ0v) is 6.96. The van der Waals surface area contributed by atoms with Crippen LogP contribution in [0.3, 0.4) is 0 Å². The second-order valence-corrected chi connectivity index (χ2v) is 2.73. The molecule has 0 amide bonds. The Morgan fingerprint density at radius 1 is 1.45 bits per heavy atom. The predicted octanol–water partition coefficient (Wildman–Crippen LogP) is 1.47. The molecule has 0 rings (SSSR count). The summed E-state index contributed by atoms with van der Waals surface area (Å²) in [6, 6.07) is 0. The summed E-state index contributed by atoms with van der Waals surface area (Å²) in [5.74, 6) is -1.38. The summed E-state index contributed by atoms with van der Waals surface area (Å²) >= 11 is 0. The highest BCUT2D eigenvalue weighted by molar-refractivity contribution is 5.83. The van der Waals surface area contributed by atoms with E-state index in [1.807, 2.05) is 6.92 Å². The molecule has 11 heavy (non-hydrogen) atoms. The average molecular weight is 158 g/mol. The van der Waals surface area contributed by atoms with Crippen LogP contribution in [0.2, 0.25) is 0 Å². The Labute approximate surface area is 66.4 Å². The quantitative estimate of drug-likeness (QED) is 0.659. The fraction of sp³-hybridized carbons (Fsp3) is 0.750. The van der Waals surface area contributed by atoms with E-state index < -0.39 is 11.9 Å². The fourth-order valence-electron chi connectivity index (χ4n) is 0.810. The van der Waals surface area contributed by atoms with Crippen molar-refractivity contribution in [3.05, 3.63) is 0 Å². The zero-order chi connectivity index (χ0) is 8.85. The van der Waals surface area contributed by atoms with Gasteiger partial charge < -0.3 is 5.11 Å². The molecule has 0 spiro atoms. The molecule has 0 aromatic carbocycles. The van der Waals surface area contributed by atoms with E-state index in [9.17, 15) is 9.59 Å². The molecule has 0 fully saturated rings. The van der Waals surface area contributed by atoms with Gasteiger partial charge in [-0.05, 0) is 6.42 Å². The molecule has 1 atom stereocenters. The molecular weight excluding hydrogens is 144 g/mol. The van der Waals surface area contributed by atoms with Gasteiger partial charge in [-0.2, -0.15) is 0 Å². The lowest BCUT2D eigenvalue weighted by Crippen LogP contribution is -2.14. The van der Waals surface area contributed by atoms with Crippen LogP contribution in [0.4, 0.5) is 0 Å². The van der Waals surface area contributed by atoms with E-state index in [0.717, 1.165) is 6.42 Å².